The number of carbonyl (C=O) groups excluding carboxylic acids is 3. The molecule has 3 aromatic rings. The number of nitrogens with one attached hydrogen (secondary N) is 2. The number of aromatic nitrogens is 2. The number of nitrogens with zero attached hydrogens (tertiary/aromatic N) is 3. The molecule has 2 N–H and O–H groups in total. The van der Waals surface area contributed by atoms with Gasteiger partial charge in [0.05, 0.1) is 11.4 Å². The molecule has 1 spiro atoms. The van der Waals surface area contributed by atoms with Gasteiger partial charge in [-0.1, -0.05) is 42.5 Å². The number of fused-ring (bicyclic) bond motifs is 1. The molecule has 1 saturated heterocycles. The number of hydrogen-bond acceptors (Lipinski definition) is 4. The highest BCUT2D eigenvalue weighted by Gasteiger charge is 2.52. The van der Waals surface area contributed by atoms with Crippen LogP contribution in [0.1, 0.15) is 42.0 Å². The predicted molar refractivity (Wildman–Crippen MR) is 126 cm³/mol. The number of amides is 4. The van der Waals surface area contributed by atoms with Gasteiger partial charge in [-0.2, -0.15) is 5.10 Å². The number of anilines is 1. The lowest BCUT2D eigenvalue weighted by Gasteiger charge is -2.32. The molecule has 2 heterocycles. The highest BCUT2D eigenvalue weighted by molar-refractivity contribution is 6.10. The Hall–Kier alpha value is -3.94. The minimum Gasteiger partial charge on any atom is -0.323 e. The molecule has 8 heteroatoms. The van der Waals surface area contributed by atoms with Crippen molar-refractivity contribution in [2.75, 3.05) is 11.9 Å². The van der Waals surface area contributed by atoms with Crippen LogP contribution in [0.3, 0.4) is 0 Å². The molecule has 2 aliphatic carbocycles. The standard InChI is InChI=1S/C26H25N5O3/c32-23(27-22-14-21(18-10-11-18)29-31(22)20-8-2-1-3-9-20)16-30-24(33)26(28-25(30)34)13-12-17-6-4-5-7-19(17)15-26/h1-9,14,18H,10-13,15-16H2,(H,27,32)(H,28,34). The van der Waals surface area contributed by atoms with E-state index < -0.39 is 17.5 Å². The van der Waals surface area contributed by atoms with Gasteiger partial charge in [0.25, 0.3) is 5.91 Å². The van der Waals surface area contributed by atoms with Gasteiger partial charge in [-0.05, 0) is 48.9 Å². The molecule has 2 fully saturated rings. The molecular weight excluding hydrogens is 430 g/mol. The zero-order valence-corrected chi connectivity index (χ0v) is 18.7. The van der Waals surface area contributed by atoms with E-state index >= 15 is 0 Å². The van der Waals surface area contributed by atoms with Crippen molar-refractivity contribution in [1.29, 1.82) is 0 Å². The van der Waals surface area contributed by atoms with Crippen LogP contribution in [-0.2, 0) is 22.4 Å². The van der Waals surface area contributed by atoms with Gasteiger partial charge < -0.3 is 10.6 Å². The normalized spacial score (nSPS) is 21.5. The maximum Gasteiger partial charge on any atom is 0.325 e. The molecular formula is C26H25N5O3. The number of carbonyl (C=O) groups is 3. The van der Waals surface area contributed by atoms with Crippen LogP contribution in [-0.4, -0.2) is 44.6 Å². The Labute approximate surface area is 196 Å². The highest BCUT2D eigenvalue weighted by Crippen LogP contribution is 2.40. The van der Waals surface area contributed by atoms with Gasteiger partial charge in [-0.3, -0.25) is 14.5 Å². The summed E-state index contributed by atoms with van der Waals surface area (Å²) in [7, 11) is 0. The van der Waals surface area contributed by atoms with Crippen LogP contribution in [0.25, 0.3) is 5.69 Å². The van der Waals surface area contributed by atoms with E-state index in [1.807, 2.05) is 54.6 Å². The summed E-state index contributed by atoms with van der Waals surface area (Å²) in [6, 6.07) is 18.9. The maximum atomic E-state index is 13.3. The van der Waals surface area contributed by atoms with Crippen LogP contribution in [0.15, 0.2) is 60.7 Å². The average Bonchev–Trinajstić information content (AvgIpc) is 3.58. The van der Waals surface area contributed by atoms with Crippen molar-refractivity contribution in [3.05, 3.63) is 77.5 Å². The Morgan fingerprint density at radius 3 is 2.56 bits per heavy atom. The summed E-state index contributed by atoms with van der Waals surface area (Å²) in [5, 5.41) is 10.4. The van der Waals surface area contributed by atoms with E-state index in [0.717, 1.165) is 34.7 Å². The van der Waals surface area contributed by atoms with Crippen LogP contribution in [0.2, 0.25) is 0 Å². The second-order valence-corrected chi connectivity index (χ2v) is 9.37. The molecule has 2 aromatic carbocycles. The lowest BCUT2D eigenvalue weighted by Crippen LogP contribution is -2.51. The monoisotopic (exact) mass is 455 g/mol. The molecule has 6 rings (SSSR count). The van der Waals surface area contributed by atoms with Gasteiger partial charge in [-0.15, -0.1) is 0 Å². The minimum atomic E-state index is -0.976. The quantitative estimate of drug-likeness (QED) is 0.578. The molecule has 0 bridgehead atoms. The fourth-order valence-electron chi connectivity index (χ4n) is 5.00. The predicted octanol–water partition coefficient (Wildman–Crippen LogP) is 3.17. The van der Waals surface area contributed by atoms with E-state index in [0.29, 0.717) is 31.0 Å². The van der Waals surface area contributed by atoms with Crippen LogP contribution in [0, 0.1) is 0 Å². The molecule has 3 aliphatic rings. The van der Waals surface area contributed by atoms with Gasteiger partial charge >= 0.3 is 6.03 Å². The number of para-hydroxylation sites is 1. The molecule has 1 saturated carbocycles. The van der Waals surface area contributed by atoms with E-state index in [1.54, 1.807) is 4.68 Å². The summed E-state index contributed by atoms with van der Waals surface area (Å²) in [5.41, 5.74) is 3.06. The molecule has 172 valence electrons. The van der Waals surface area contributed by atoms with E-state index in [-0.39, 0.29) is 12.5 Å². The fourth-order valence-corrected chi connectivity index (χ4v) is 5.00. The van der Waals surface area contributed by atoms with Crippen molar-refractivity contribution in [2.45, 2.75) is 43.6 Å². The van der Waals surface area contributed by atoms with Crippen molar-refractivity contribution in [1.82, 2.24) is 20.0 Å². The Balaban J connectivity index is 1.20. The number of aryl methyl sites for hydroxylation is 1. The molecule has 1 atom stereocenters. The minimum absolute atomic E-state index is 0.336. The van der Waals surface area contributed by atoms with Crippen LogP contribution >= 0.6 is 0 Å². The van der Waals surface area contributed by atoms with Crippen molar-refractivity contribution in [3.63, 3.8) is 0 Å². The first-order valence-electron chi connectivity index (χ1n) is 11.7. The molecule has 8 nitrogen and oxygen atoms in total. The molecule has 1 aliphatic heterocycles. The van der Waals surface area contributed by atoms with Gasteiger partial charge in [0.1, 0.15) is 17.9 Å². The average molecular weight is 456 g/mol. The summed E-state index contributed by atoms with van der Waals surface area (Å²) >= 11 is 0. The maximum absolute atomic E-state index is 13.3. The second kappa shape index (κ2) is 7.83. The van der Waals surface area contributed by atoms with Crippen LogP contribution < -0.4 is 10.6 Å². The lowest BCUT2D eigenvalue weighted by molar-refractivity contribution is -0.134. The smallest absolute Gasteiger partial charge is 0.323 e. The third kappa shape index (κ3) is 3.55. The van der Waals surface area contributed by atoms with Crippen molar-refractivity contribution >= 4 is 23.7 Å². The zero-order valence-electron chi connectivity index (χ0n) is 18.7. The third-order valence-corrected chi connectivity index (χ3v) is 6.97. The Morgan fingerprint density at radius 1 is 1.06 bits per heavy atom. The lowest BCUT2D eigenvalue weighted by atomic mass is 9.78. The first kappa shape index (κ1) is 20.7. The summed E-state index contributed by atoms with van der Waals surface area (Å²) < 4.78 is 1.71. The van der Waals surface area contributed by atoms with Gasteiger partial charge in [0.15, 0.2) is 0 Å². The SMILES string of the molecule is O=C(CN1C(=O)NC2(CCc3ccccc3C2)C1=O)Nc1cc(C2CC2)nn1-c1ccccc1. The first-order chi connectivity index (χ1) is 16.5. The molecule has 4 amide bonds. The topological polar surface area (TPSA) is 96.3 Å². The Kier molecular flexibility index (Phi) is 4.76. The summed E-state index contributed by atoms with van der Waals surface area (Å²) in [6.07, 6.45) is 3.86. The van der Waals surface area contributed by atoms with E-state index in [9.17, 15) is 14.4 Å². The Morgan fingerprint density at radius 2 is 1.79 bits per heavy atom. The highest BCUT2D eigenvalue weighted by atomic mass is 16.2. The van der Waals surface area contributed by atoms with E-state index in [2.05, 4.69) is 21.8 Å². The number of benzene rings is 2. The number of urea groups is 1. The summed E-state index contributed by atoms with van der Waals surface area (Å²) in [4.78, 5) is 40.1. The number of rotatable bonds is 5. The van der Waals surface area contributed by atoms with Crippen molar-refractivity contribution in [2.24, 2.45) is 0 Å². The van der Waals surface area contributed by atoms with Gasteiger partial charge in [0.2, 0.25) is 5.91 Å². The largest absolute Gasteiger partial charge is 0.325 e. The first-order valence-corrected chi connectivity index (χ1v) is 11.7. The van der Waals surface area contributed by atoms with Crippen LogP contribution in [0.5, 0.6) is 0 Å². The summed E-state index contributed by atoms with van der Waals surface area (Å²) in [5.74, 6) is 0.181. The zero-order chi connectivity index (χ0) is 23.3. The van der Waals surface area contributed by atoms with Gasteiger partial charge in [-0.25, -0.2) is 9.48 Å². The molecule has 1 unspecified atom stereocenters. The van der Waals surface area contributed by atoms with Gasteiger partial charge in [0, 0.05) is 18.4 Å². The molecule has 0 radical (unpaired) electrons. The van der Waals surface area contributed by atoms with E-state index in [1.165, 1.54) is 5.56 Å². The van der Waals surface area contributed by atoms with Crippen molar-refractivity contribution in [3.8, 4) is 5.69 Å². The van der Waals surface area contributed by atoms with E-state index in [4.69, 9.17) is 0 Å². The number of imide groups is 1. The fraction of sp³-hybridized carbons (Fsp3) is 0.308. The Bertz CT molecular complexity index is 1300. The number of hydrogen-bond donors (Lipinski definition) is 2. The second-order valence-electron chi connectivity index (χ2n) is 9.37. The van der Waals surface area contributed by atoms with Crippen molar-refractivity contribution < 1.29 is 14.4 Å². The molecule has 34 heavy (non-hydrogen) atoms. The summed E-state index contributed by atoms with van der Waals surface area (Å²) in [6.45, 7) is -0.340. The van der Waals surface area contributed by atoms with Crippen LogP contribution in [0.4, 0.5) is 10.6 Å². The molecule has 1 aromatic heterocycles. The third-order valence-electron chi connectivity index (χ3n) is 6.97.